The predicted molar refractivity (Wildman–Crippen MR) is 71.9 cm³/mol. The zero-order valence-electron chi connectivity index (χ0n) is 9.67. The van der Waals surface area contributed by atoms with Gasteiger partial charge in [0.05, 0.1) is 11.6 Å². The molecule has 0 N–H and O–H groups in total. The van der Waals surface area contributed by atoms with Crippen molar-refractivity contribution in [2.45, 2.75) is 18.8 Å². The molecule has 1 aliphatic heterocycles. The van der Waals surface area contributed by atoms with E-state index in [4.69, 9.17) is 23.4 Å². The fourth-order valence-electron chi connectivity index (χ4n) is 2.78. The third kappa shape index (κ3) is 2.04. The van der Waals surface area contributed by atoms with Crippen molar-refractivity contribution in [3.05, 3.63) is 58.0 Å². The zero-order valence-corrected chi connectivity index (χ0v) is 11.2. The van der Waals surface area contributed by atoms with Crippen molar-refractivity contribution in [1.82, 2.24) is 4.42 Å². The lowest BCUT2D eigenvalue weighted by atomic mass is 9.91. The van der Waals surface area contributed by atoms with Gasteiger partial charge in [-0.3, -0.25) is 4.42 Å². The first kappa shape index (κ1) is 12.1. The van der Waals surface area contributed by atoms with Crippen molar-refractivity contribution < 1.29 is 4.39 Å². The molecule has 94 valence electrons. The molecule has 0 bridgehead atoms. The second kappa shape index (κ2) is 4.60. The Hall–Kier alpha value is -0.990. The molecule has 0 amide bonds. The molecule has 1 unspecified atom stereocenters. The van der Waals surface area contributed by atoms with E-state index in [-0.39, 0.29) is 5.82 Å². The smallest absolute Gasteiger partial charge is 0.123 e. The molecule has 0 saturated carbocycles. The minimum absolute atomic E-state index is 0.202. The normalized spacial score (nSPS) is 23.2. The minimum Gasteiger partial charge on any atom is -0.287 e. The van der Waals surface area contributed by atoms with E-state index in [1.54, 1.807) is 10.6 Å². The van der Waals surface area contributed by atoms with Gasteiger partial charge in [-0.2, -0.15) is 0 Å². The second-order valence-electron chi connectivity index (χ2n) is 4.68. The molecule has 0 spiro atoms. The molecule has 0 aromatic heterocycles. The summed E-state index contributed by atoms with van der Waals surface area (Å²) in [4.78, 5) is 0. The van der Waals surface area contributed by atoms with E-state index in [1.165, 1.54) is 23.3 Å². The fourth-order valence-corrected chi connectivity index (χ4v) is 3.39. The number of hydrogen-bond donors (Lipinski definition) is 0. The summed E-state index contributed by atoms with van der Waals surface area (Å²) in [5.74, 6) is 0.107. The van der Waals surface area contributed by atoms with Crippen LogP contribution >= 0.6 is 23.4 Å². The molecule has 1 aromatic carbocycles. The van der Waals surface area contributed by atoms with Crippen LogP contribution in [0.2, 0.25) is 0 Å². The maximum absolute atomic E-state index is 13.0. The summed E-state index contributed by atoms with van der Waals surface area (Å²) in [7, 11) is 0. The average molecular weight is 284 g/mol. The summed E-state index contributed by atoms with van der Waals surface area (Å²) < 4.78 is 14.5. The first-order chi connectivity index (χ1) is 8.65. The van der Waals surface area contributed by atoms with Crippen LogP contribution in [-0.2, 0) is 0 Å². The van der Waals surface area contributed by atoms with E-state index in [2.05, 4.69) is 0 Å². The Balaban J connectivity index is 1.96. The van der Waals surface area contributed by atoms with E-state index < -0.39 is 0 Å². The maximum atomic E-state index is 13.0. The van der Waals surface area contributed by atoms with E-state index in [1.807, 2.05) is 12.1 Å². The number of halogens is 3. The number of rotatable bonds is 1. The highest BCUT2D eigenvalue weighted by Gasteiger charge is 2.31. The molecule has 0 radical (unpaired) electrons. The molecule has 1 aromatic rings. The highest BCUT2D eigenvalue weighted by Crippen LogP contribution is 2.45. The van der Waals surface area contributed by atoms with Gasteiger partial charge >= 0.3 is 0 Å². The SMILES string of the molecule is Fc1ccc(C2CCC3=C2CN(Cl)C=C3Cl)cc1. The molecule has 18 heavy (non-hydrogen) atoms. The van der Waals surface area contributed by atoms with Gasteiger partial charge in [0.25, 0.3) is 0 Å². The van der Waals surface area contributed by atoms with Crippen LogP contribution in [0.4, 0.5) is 4.39 Å². The monoisotopic (exact) mass is 283 g/mol. The third-order valence-corrected chi connectivity index (χ3v) is 4.17. The number of benzene rings is 1. The Kier molecular flexibility index (Phi) is 3.08. The van der Waals surface area contributed by atoms with Gasteiger partial charge in [-0.1, -0.05) is 23.7 Å². The van der Waals surface area contributed by atoms with Crippen LogP contribution in [0.5, 0.6) is 0 Å². The summed E-state index contributed by atoms with van der Waals surface area (Å²) in [6.45, 7) is 0.690. The number of allylic oxidation sites excluding steroid dienone is 2. The van der Waals surface area contributed by atoms with E-state index in [0.717, 1.165) is 23.4 Å². The van der Waals surface area contributed by atoms with Gasteiger partial charge in [0.15, 0.2) is 0 Å². The van der Waals surface area contributed by atoms with E-state index in [9.17, 15) is 4.39 Å². The van der Waals surface area contributed by atoms with Crippen molar-refractivity contribution >= 4 is 23.4 Å². The summed E-state index contributed by atoms with van der Waals surface area (Å²) in [6.07, 6.45) is 3.75. The summed E-state index contributed by atoms with van der Waals surface area (Å²) in [5.41, 5.74) is 3.62. The molecule has 1 aliphatic carbocycles. The average Bonchev–Trinajstić information content (AvgIpc) is 2.74. The van der Waals surface area contributed by atoms with Crippen LogP contribution in [0.15, 0.2) is 46.6 Å². The van der Waals surface area contributed by atoms with Crippen LogP contribution in [-0.4, -0.2) is 11.0 Å². The maximum Gasteiger partial charge on any atom is 0.123 e. The zero-order chi connectivity index (χ0) is 12.7. The summed E-state index contributed by atoms with van der Waals surface area (Å²) >= 11 is 12.2. The lowest BCUT2D eigenvalue weighted by Crippen LogP contribution is -2.17. The molecule has 2 aliphatic rings. The van der Waals surface area contributed by atoms with Crippen molar-refractivity contribution in [2.24, 2.45) is 0 Å². The van der Waals surface area contributed by atoms with Crippen LogP contribution in [0.1, 0.15) is 24.3 Å². The first-order valence-electron chi connectivity index (χ1n) is 5.92. The standard InChI is InChI=1S/C14H12Cl2FN/c15-14-8-18(16)7-13-11(5-6-12(13)14)9-1-3-10(17)4-2-9/h1-4,8,11H,5-7H2. The Labute approximate surface area is 116 Å². The molecule has 0 fully saturated rings. The van der Waals surface area contributed by atoms with Crippen LogP contribution in [0.3, 0.4) is 0 Å². The van der Waals surface area contributed by atoms with Crippen LogP contribution in [0.25, 0.3) is 0 Å². The molecule has 1 heterocycles. The Morgan fingerprint density at radius 2 is 1.94 bits per heavy atom. The van der Waals surface area contributed by atoms with Gasteiger partial charge in [0.1, 0.15) is 5.82 Å². The minimum atomic E-state index is -0.202. The van der Waals surface area contributed by atoms with Crippen molar-refractivity contribution in [3.8, 4) is 0 Å². The van der Waals surface area contributed by atoms with Crippen LogP contribution < -0.4 is 0 Å². The van der Waals surface area contributed by atoms with Crippen molar-refractivity contribution in [1.29, 1.82) is 0 Å². The van der Waals surface area contributed by atoms with Gasteiger partial charge in [0, 0.05) is 23.9 Å². The lowest BCUT2D eigenvalue weighted by Gasteiger charge is -2.23. The predicted octanol–water partition coefficient (Wildman–Crippen LogP) is 4.55. The van der Waals surface area contributed by atoms with Gasteiger partial charge in [-0.15, -0.1) is 0 Å². The Morgan fingerprint density at radius 3 is 2.67 bits per heavy atom. The molecule has 4 heteroatoms. The first-order valence-corrected chi connectivity index (χ1v) is 6.64. The van der Waals surface area contributed by atoms with Gasteiger partial charge in [0.2, 0.25) is 0 Å². The van der Waals surface area contributed by atoms with Gasteiger partial charge < -0.3 is 0 Å². The quantitative estimate of drug-likeness (QED) is 0.684. The second-order valence-corrected chi connectivity index (χ2v) is 5.52. The molecule has 3 rings (SSSR count). The molecular weight excluding hydrogens is 272 g/mol. The lowest BCUT2D eigenvalue weighted by molar-refractivity contribution is 0.608. The molecule has 1 atom stereocenters. The summed E-state index contributed by atoms with van der Waals surface area (Å²) in [6, 6.07) is 6.71. The highest BCUT2D eigenvalue weighted by atomic mass is 35.5. The summed E-state index contributed by atoms with van der Waals surface area (Å²) in [5, 5.41) is 0.732. The van der Waals surface area contributed by atoms with Crippen LogP contribution in [0, 0.1) is 5.82 Å². The van der Waals surface area contributed by atoms with Gasteiger partial charge in [-0.05, 0) is 41.7 Å². The molecule has 0 saturated heterocycles. The molecule has 1 nitrogen and oxygen atoms in total. The van der Waals surface area contributed by atoms with E-state index in [0.29, 0.717) is 12.5 Å². The van der Waals surface area contributed by atoms with Gasteiger partial charge in [-0.25, -0.2) is 4.39 Å². The largest absolute Gasteiger partial charge is 0.287 e. The Bertz CT molecular complexity index is 533. The topological polar surface area (TPSA) is 3.24 Å². The third-order valence-electron chi connectivity index (χ3n) is 3.63. The molecular formula is C14H12Cl2FN. The number of nitrogens with zero attached hydrogens (tertiary/aromatic N) is 1. The number of hydrogen-bond acceptors (Lipinski definition) is 1. The van der Waals surface area contributed by atoms with E-state index >= 15 is 0 Å². The highest BCUT2D eigenvalue weighted by molar-refractivity contribution is 6.32. The fraction of sp³-hybridized carbons (Fsp3) is 0.286. The van der Waals surface area contributed by atoms with Crippen molar-refractivity contribution in [2.75, 3.05) is 6.54 Å². The van der Waals surface area contributed by atoms with Crippen molar-refractivity contribution in [3.63, 3.8) is 0 Å². The Morgan fingerprint density at radius 1 is 1.22 bits per heavy atom.